The molecule has 102 valence electrons. The lowest BCUT2D eigenvalue weighted by molar-refractivity contribution is -0.141. The molecule has 0 spiro atoms. The second kappa shape index (κ2) is 5.32. The third-order valence-corrected chi connectivity index (χ3v) is 4.33. The molecule has 0 N–H and O–H groups in total. The van der Waals surface area contributed by atoms with Crippen LogP contribution in [0.15, 0.2) is 18.2 Å². The predicted octanol–water partition coefficient (Wildman–Crippen LogP) is 4.25. The van der Waals surface area contributed by atoms with Crippen molar-refractivity contribution < 1.29 is 13.9 Å². The fourth-order valence-corrected chi connectivity index (χ4v) is 3.25. The number of benzene rings is 1. The van der Waals surface area contributed by atoms with Crippen LogP contribution in [0, 0.1) is 5.82 Å². The van der Waals surface area contributed by atoms with Crippen LogP contribution in [-0.4, -0.2) is 5.97 Å². The molecular formula is C16H19FO2. The van der Waals surface area contributed by atoms with Gasteiger partial charge in [0.15, 0.2) is 0 Å². The standard InChI is InChI=1S/C16H19FO2/c17-14-10-12(15-8-9-16(18)19-15)6-7-13(14)11-4-2-1-3-5-11/h6-7,10-11,15H,1-5,8-9H2. The zero-order valence-corrected chi connectivity index (χ0v) is 11.0. The maximum absolute atomic E-state index is 14.2. The van der Waals surface area contributed by atoms with Crippen molar-refractivity contribution in [1.29, 1.82) is 0 Å². The molecule has 3 heteroatoms. The summed E-state index contributed by atoms with van der Waals surface area (Å²) >= 11 is 0. The summed E-state index contributed by atoms with van der Waals surface area (Å²) in [4.78, 5) is 11.1. The number of esters is 1. The highest BCUT2D eigenvalue weighted by Gasteiger charge is 2.26. The lowest BCUT2D eigenvalue weighted by atomic mass is 9.83. The summed E-state index contributed by atoms with van der Waals surface area (Å²) in [6.45, 7) is 0. The van der Waals surface area contributed by atoms with Gasteiger partial charge in [0.2, 0.25) is 0 Å². The van der Waals surface area contributed by atoms with E-state index >= 15 is 0 Å². The number of hydrogen-bond acceptors (Lipinski definition) is 2. The fraction of sp³-hybridized carbons (Fsp3) is 0.562. The Morgan fingerprint density at radius 3 is 2.53 bits per heavy atom. The summed E-state index contributed by atoms with van der Waals surface area (Å²) < 4.78 is 19.4. The Bertz CT molecular complexity index is 478. The molecule has 1 heterocycles. The van der Waals surface area contributed by atoms with Crippen LogP contribution in [0.3, 0.4) is 0 Å². The molecule has 2 aliphatic rings. The van der Waals surface area contributed by atoms with E-state index in [4.69, 9.17) is 4.74 Å². The van der Waals surface area contributed by atoms with Crippen LogP contribution in [0.4, 0.5) is 4.39 Å². The highest BCUT2D eigenvalue weighted by Crippen LogP contribution is 2.36. The maximum Gasteiger partial charge on any atom is 0.306 e. The molecule has 1 atom stereocenters. The predicted molar refractivity (Wildman–Crippen MR) is 70.3 cm³/mol. The molecule has 19 heavy (non-hydrogen) atoms. The Morgan fingerprint density at radius 2 is 1.89 bits per heavy atom. The van der Waals surface area contributed by atoms with E-state index in [0.29, 0.717) is 18.8 Å². The largest absolute Gasteiger partial charge is 0.457 e. The lowest BCUT2D eigenvalue weighted by Crippen LogP contribution is -2.08. The van der Waals surface area contributed by atoms with Gasteiger partial charge in [0.05, 0.1) is 0 Å². The number of cyclic esters (lactones) is 1. The van der Waals surface area contributed by atoms with E-state index in [9.17, 15) is 9.18 Å². The van der Waals surface area contributed by atoms with E-state index in [1.54, 1.807) is 6.07 Å². The van der Waals surface area contributed by atoms with Gasteiger partial charge >= 0.3 is 5.97 Å². The SMILES string of the molecule is O=C1CCC(c2ccc(C3CCCCC3)c(F)c2)O1. The van der Waals surface area contributed by atoms with Gasteiger partial charge in [-0.05, 0) is 42.4 Å². The molecule has 1 unspecified atom stereocenters. The number of hydrogen-bond donors (Lipinski definition) is 0. The zero-order valence-electron chi connectivity index (χ0n) is 11.0. The maximum atomic E-state index is 14.2. The second-order valence-electron chi connectivity index (χ2n) is 5.63. The van der Waals surface area contributed by atoms with Gasteiger partial charge in [-0.1, -0.05) is 31.4 Å². The Balaban J connectivity index is 1.79. The molecule has 1 aromatic rings. The van der Waals surface area contributed by atoms with Gasteiger partial charge in [-0.25, -0.2) is 4.39 Å². The Labute approximate surface area is 113 Å². The molecule has 1 saturated heterocycles. The lowest BCUT2D eigenvalue weighted by Gasteiger charge is -2.23. The van der Waals surface area contributed by atoms with Crippen LogP contribution in [0.1, 0.15) is 68.1 Å². The first-order valence-corrected chi connectivity index (χ1v) is 7.23. The van der Waals surface area contributed by atoms with Crippen molar-refractivity contribution in [3.8, 4) is 0 Å². The fourth-order valence-electron chi connectivity index (χ4n) is 3.25. The third-order valence-electron chi connectivity index (χ3n) is 4.33. The number of ether oxygens (including phenoxy) is 1. The van der Waals surface area contributed by atoms with Gasteiger partial charge in [0.1, 0.15) is 11.9 Å². The van der Waals surface area contributed by atoms with Crippen LogP contribution >= 0.6 is 0 Å². The van der Waals surface area contributed by atoms with Crippen LogP contribution in [0.25, 0.3) is 0 Å². The van der Waals surface area contributed by atoms with Crippen LogP contribution in [0.2, 0.25) is 0 Å². The van der Waals surface area contributed by atoms with Gasteiger partial charge in [-0.2, -0.15) is 0 Å². The Morgan fingerprint density at radius 1 is 1.11 bits per heavy atom. The van der Waals surface area contributed by atoms with E-state index in [2.05, 4.69) is 0 Å². The van der Waals surface area contributed by atoms with Crippen molar-refractivity contribution in [2.24, 2.45) is 0 Å². The van der Waals surface area contributed by atoms with Crippen LogP contribution in [-0.2, 0) is 9.53 Å². The Hall–Kier alpha value is -1.38. The first kappa shape index (κ1) is 12.6. The molecule has 1 aliphatic heterocycles. The normalized spacial score (nSPS) is 24.5. The average Bonchev–Trinajstić information content (AvgIpc) is 2.86. The van der Waals surface area contributed by atoms with Gasteiger partial charge in [0.25, 0.3) is 0 Å². The number of carbonyl (C=O) groups is 1. The summed E-state index contributed by atoms with van der Waals surface area (Å²) in [7, 11) is 0. The number of rotatable bonds is 2. The average molecular weight is 262 g/mol. The molecule has 0 aromatic heterocycles. The van der Waals surface area contributed by atoms with Crippen molar-refractivity contribution in [2.75, 3.05) is 0 Å². The monoisotopic (exact) mass is 262 g/mol. The summed E-state index contributed by atoms with van der Waals surface area (Å²) in [5, 5.41) is 0. The van der Waals surface area contributed by atoms with Gasteiger partial charge in [-0.15, -0.1) is 0 Å². The van der Waals surface area contributed by atoms with E-state index in [-0.39, 0.29) is 17.9 Å². The van der Waals surface area contributed by atoms with E-state index in [1.807, 2.05) is 12.1 Å². The molecule has 0 bridgehead atoms. The minimum absolute atomic E-state index is 0.132. The minimum atomic E-state index is -0.248. The van der Waals surface area contributed by atoms with Gasteiger partial charge < -0.3 is 4.74 Å². The molecule has 2 nitrogen and oxygen atoms in total. The van der Waals surface area contributed by atoms with Crippen molar-refractivity contribution >= 4 is 5.97 Å². The minimum Gasteiger partial charge on any atom is -0.457 e. The number of halogens is 1. The van der Waals surface area contributed by atoms with Gasteiger partial charge in [0, 0.05) is 6.42 Å². The highest BCUT2D eigenvalue weighted by molar-refractivity contribution is 5.71. The third kappa shape index (κ3) is 2.65. The molecule has 2 fully saturated rings. The molecule has 3 rings (SSSR count). The molecule has 0 radical (unpaired) electrons. The quantitative estimate of drug-likeness (QED) is 0.745. The topological polar surface area (TPSA) is 26.3 Å². The van der Waals surface area contributed by atoms with E-state index in [0.717, 1.165) is 24.0 Å². The van der Waals surface area contributed by atoms with Crippen molar-refractivity contribution in [3.05, 3.63) is 35.1 Å². The molecule has 0 amide bonds. The summed E-state index contributed by atoms with van der Waals surface area (Å²) in [6, 6.07) is 5.39. The molecule has 1 aliphatic carbocycles. The van der Waals surface area contributed by atoms with Crippen LogP contribution in [0.5, 0.6) is 0 Å². The molecule has 1 aromatic carbocycles. The van der Waals surface area contributed by atoms with Crippen molar-refractivity contribution in [1.82, 2.24) is 0 Å². The highest BCUT2D eigenvalue weighted by atomic mass is 19.1. The van der Waals surface area contributed by atoms with Gasteiger partial charge in [-0.3, -0.25) is 4.79 Å². The smallest absolute Gasteiger partial charge is 0.306 e. The van der Waals surface area contributed by atoms with Crippen LogP contribution < -0.4 is 0 Å². The van der Waals surface area contributed by atoms with Crippen molar-refractivity contribution in [3.63, 3.8) is 0 Å². The first-order chi connectivity index (χ1) is 9.24. The second-order valence-corrected chi connectivity index (χ2v) is 5.63. The molecular weight excluding hydrogens is 243 g/mol. The summed E-state index contributed by atoms with van der Waals surface area (Å²) in [6.07, 6.45) is 6.72. The number of carbonyl (C=O) groups excluding carboxylic acids is 1. The van der Waals surface area contributed by atoms with Crippen molar-refractivity contribution in [2.45, 2.75) is 57.0 Å². The first-order valence-electron chi connectivity index (χ1n) is 7.23. The summed E-state index contributed by atoms with van der Waals surface area (Å²) in [5.74, 6) is 0.0584. The van der Waals surface area contributed by atoms with E-state index in [1.165, 1.54) is 19.3 Å². The Kier molecular flexibility index (Phi) is 3.54. The molecule has 1 saturated carbocycles. The van der Waals surface area contributed by atoms with E-state index < -0.39 is 0 Å². The summed E-state index contributed by atoms with van der Waals surface area (Å²) in [5.41, 5.74) is 1.63. The zero-order chi connectivity index (χ0) is 13.2.